The van der Waals surface area contributed by atoms with Crippen LogP contribution in [-0.2, 0) is 16.0 Å². The molecule has 0 aliphatic rings. The van der Waals surface area contributed by atoms with Crippen LogP contribution in [0.4, 0.5) is 0 Å². The van der Waals surface area contributed by atoms with Crippen LogP contribution in [0.25, 0.3) is 0 Å². The highest BCUT2D eigenvalue weighted by Crippen LogP contribution is 1.96. The number of Topliss-reactive ketones (excluding diaryl/α,β-unsaturated/α-hetero) is 1. The van der Waals surface area contributed by atoms with Gasteiger partial charge in [-0.2, -0.15) is 4.73 Å². The number of carbonyl (C=O) groups excluding carboxylic acids is 2. The van der Waals surface area contributed by atoms with Crippen LogP contribution in [0.15, 0.2) is 24.5 Å². The molecule has 0 aromatic carbocycles. The molecule has 0 bridgehead atoms. The van der Waals surface area contributed by atoms with E-state index in [2.05, 4.69) is 0 Å². The molecule has 1 heterocycles. The van der Waals surface area contributed by atoms with E-state index in [1.807, 2.05) is 0 Å². The largest absolute Gasteiger partial charge is 0.619 e. The van der Waals surface area contributed by atoms with Crippen LogP contribution in [0.2, 0.25) is 0 Å². The average Bonchev–Trinajstić information content (AvgIpc) is 2.08. The molecule has 0 saturated heterocycles. The van der Waals surface area contributed by atoms with Crippen molar-refractivity contribution in [3.05, 3.63) is 35.3 Å². The molecule has 0 aliphatic carbocycles. The summed E-state index contributed by atoms with van der Waals surface area (Å²) in [6.07, 6.45) is 2.45. The number of aromatic nitrogens is 1. The number of pyridine rings is 1. The average molecular weight is 180 g/mol. The Kier molecular flexibility index (Phi) is 2.59. The van der Waals surface area contributed by atoms with Crippen LogP contribution in [0.5, 0.6) is 0 Å². The third-order valence-electron chi connectivity index (χ3n) is 1.51. The molecule has 1 amide bonds. The molecule has 0 fully saturated rings. The maximum atomic E-state index is 10.8. The molecular weight excluding hydrogens is 172 g/mol. The van der Waals surface area contributed by atoms with Gasteiger partial charge in [0.25, 0.3) is 5.91 Å². The molecule has 13 heavy (non-hydrogen) atoms. The van der Waals surface area contributed by atoms with Crippen molar-refractivity contribution < 1.29 is 14.3 Å². The minimum Gasteiger partial charge on any atom is -0.619 e. The molecule has 0 spiro atoms. The second-order valence-corrected chi connectivity index (χ2v) is 2.53. The summed E-state index contributed by atoms with van der Waals surface area (Å²) in [5.41, 5.74) is 5.35. The van der Waals surface area contributed by atoms with Gasteiger partial charge >= 0.3 is 0 Å². The summed E-state index contributed by atoms with van der Waals surface area (Å²) in [5, 5.41) is 10.6. The molecule has 0 atom stereocenters. The first-order valence-electron chi connectivity index (χ1n) is 3.60. The van der Waals surface area contributed by atoms with Crippen molar-refractivity contribution >= 4 is 11.7 Å². The molecule has 5 nitrogen and oxygen atoms in total. The molecule has 1 aromatic heterocycles. The summed E-state index contributed by atoms with van der Waals surface area (Å²) in [6, 6.07) is 2.93. The van der Waals surface area contributed by atoms with E-state index in [0.717, 1.165) is 0 Å². The van der Waals surface area contributed by atoms with E-state index in [9.17, 15) is 14.8 Å². The Hall–Kier alpha value is -1.91. The van der Waals surface area contributed by atoms with Gasteiger partial charge in [-0.15, -0.1) is 0 Å². The first-order valence-corrected chi connectivity index (χ1v) is 3.60. The summed E-state index contributed by atoms with van der Waals surface area (Å²) in [6.45, 7) is 0. The molecule has 0 saturated carbocycles. The van der Waals surface area contributed by atoms with Gasteiger partial charge in [-0.3, -0.25) is 9.59 Å². The Morgan fingerprint density at radius 3 is 2.38 bits per heavy atom. The molecule has 68 valence electrons. The van der Waals surface area contributed by atoms with Crippen LogP contribution in [0.1, 0.15) is 5.56 Å². The number of nitrogens with two attached hydrogens (primary N) is 1. The predicted molar refractivity (Wildman–Crippen MR) is 43.3 cm³/mol. The maximum Gasteiger partial charge on any atom is 0.285 e. The van der Waals surface area contributed by atoms with Crippen molar-refractivity contribution in [3.63, 3.8) is 0 Å². The highest BCUT2D eigenvalue weighted by Gasteiger charge is 2.09. The third kappa shape index (κ3) is 2.55. The smallest absolute Gasteiger partial charge is 0.285 e. The van der Waals surface area contributed by atoms with Gasteiger partial charge in [0.1, 0.15) is 0 Å². The number of amides is 1. The summed E-state index contributed by atoms with van der Waals surface area (Å²) in [5.74, 6) is -1.62. The number of ketones is 1. The van der Waals surface area contributed by atoms with Crippen LogP contribution in [0.3, 0.4) is 0 Å². The second-order valence-electron chi connectivity index (χ2n) is 2.53. The van der Waals surface area contributed by atoms with Crippen molar-refractivity contribution in [3.8, 4) is 0 Å². The van der Waals surface area contributed by atoms with E-state index < -0.39 is 11.7 Å². The predicted octanol–water partition coefficient (Wildman–Crippen LogP) is -1.08. The highest BCUT2D eigenvalue weighted by molar-refractivity contribution is 6.35. The first kappa shape index (κ1) is 9.18. The zero-order valence-electron chi connectivity index (χ0n) is 6.77. The minimum atomic E-state index is -0.959. The standard InChI is InChI=1S/C8H8N2O3/c9-8(12)7(11)5-6-1-3-10(13)4-2-6/h1-4H,5H2,(H2,9,12). The minimum absolute atomic E-state index is 0.0594. The summed E-state index contributed by atoms with van der Waals surface area (Å²) >= 11 is 0. The number of hydrogen-bond donors (Lipinski definition) is 1. The molecule has 0 unspecified atom stereocenters. The molecule has 0 radical (unpaired) electrons. The molecule has 0 aliphatic heterocycles. The zero-order valence-corrected chi connectivity index (χ0v) is 6.77. The van der Waals surface area contributed by atoms with Gasteiger partial charge in [0.15, 0.2) is 12.4 Å². The van der Waals surface area contributed by atoms with Crippen molar-refractivity contribution in [2.24, 2.45) is 5.73 Å². The topological polar surface area (TPSA) is 87.1 Å². The number of primary amides is 1. The SMILES string of the molecule is NC(=O)C(=O)Cc1cc[n+]([O-])cc1. The van der Waals surface area contributed by atoms with E-state index in [1.54, 1.807) is 0 Å². The summed E-state index contributed by atoms with van der Waals surface area (Å²) in [7, 11) is 0. The van der Waals surface area contributed by atoms with Crippen molar-refractivity contribution in [1.82, 2.24) is 0 Å². The second kappa shape index (κ2) is 3.66. The van der Waals surface area contributed by atoms with E-state index in [4.69, 9.17) is 5.73 Å². The fourth-order valence-corrected chi connectivity index (χ4v) is 0.834. The Morgan fingerprint density at radius 2 is 1.92 bits per heavy atom. The fourth-order valence-electron chi connectivity index (χ4n) is 0.834. The quantitative estimate of drug-likeness (QED) is 0.364. The van der Waals surface area contributed by atoms with Gasteiger partial charge < -0.3 is 10.9 Å². The number of rotatable bonds is 3. The van der Waals surface area contributed by atoms with E-state index >= 15 is 0 Å². The molecule has 5 heteroatoms. The zero-order chi connectivity index (χ0) is 9.84. The van der Waals surface area contributed by atoms with Crippen molar-refractivity contribution in [2.45, 2.75) is 6.42 Å². The molecule has 2 N–H and O–H groups in total. The van der Waals surface area contributed by atoms with E-state index in [0.29, 0.717) is 10.3 Å². The van der Waals surface area contributed by atoms with Crippen molar-refractivity contribution in [2.75, 3.05) is 0 Å². The van der Waals surface area contributed by atoms with Gasteiger partial charge in [0, 0.05) is 18.6 Å². The first-order chi connectivity index (χ1) is 6.09. The lowest BCUT2D eigenvalue weighted by Crippen LogP contribution is -2.26. The molecule has 1 aromatic rings. The van der Waals surface area contributed by atoms with Gasteiger partial charge in [-0.25, -0.2) is 0 Å². The summed E-state index contributed by atoms with van der Waals surface area (Å²) in [4.78, 5) is 21.2. The van der Waals surface area contributed by atoms with Gasteiger partial charge in [-0.05, 0) is 5.56 Å². The number of carbonyl (C=O) groups is 2. The van der Waals surface area contributed by atoms with Gasteiger partial charge in [0.05, 0.1) is 0 Å². The lowest BCUT2D eigenvalue weighted by Gasteiger charge is -1.97. The van der Waals surface area contributed by atoms with E-state index in [-0.39, 0.29) is 6.42 Å². The summed E-state index contributed by atoms with van der Waals surface area (Å²) < 4.78 is 0.595. The number of hydrogen-bond acceptors (Lipinski definition) is 3. The Labute approximate surface area is 74.4 Å². The van der Waals surface area contributed by atoms with Crippen molar-refractivity contribution in [1.29, 1.82) is 0 Å². The lowest BCUT2D eigenvalue weighted by molar-refractivity contribution is -0.605. The van der Waals surface area contributed by atoms with Crippen LogP contribution in [-0.4, -0.2) is 11.7 Å². The van der Waals surface area contributed by atoms with Gasteiger partial charge in [-0.1, -0.05) is 0 Å². The third-order valence-corrected chi connectivity index (χ3v) is 1.51. The highest BCUT2D eigenvalue weighted by atomic mass is 16.5. The van der Waals surface area contributed by atoms with Crippen LogP contribution in [0, 0.1) is 5.21 Å². The van der Waals surface area contributed by atoms with E-state index in [1.165, 1.54) is 24.5 Å². The van der Waals surface area contributed by atoms with Crippen LogP contribution >= 0.6 is 0 Å². The maximum absolute atomic E-state index is 10.8. The lowest BCUT2D eigenvalue weighted by atomic mass is 10.1. The number of nitrogens with zero attached hydrogens (tertiary/aromatic N) is 1. The van der Waals surface area contributed by atoms with Gasteiger partial charge in [0.2, 0.25) is 5.78 Å². The monoisotopic (exact) mass is 180 g/mol. The Bertz CT molecular complexity index is 332. The molecular formula is C8H8N2O3. The Balaban J connectivity index is 2.70. The fraction of sp³-hybridized carbons (Fsp3) is 0.125. The molecule has 1 rings (SSSR count). The Morgan fingerprint density at radius 1 is 1.38 bits per heavy atom. The normalized spacial score (nSPS) is 9.54. The van der Waals surface area contributed by atoms with Crippen LogP contribution < -0.4 is 10.5 Å².